The van der Waals surface area contributed by atoms with Crippen LogP contribution in [0.1, 0.15) is 90.7 Å². The van der Waals surface area contributed by atoms with Gasteiger partial charge in [0, 0.05) is 25.7 Å². The van der Waals surface area contributed by atoms with Gasteiger partial charge in [0.25, 0.3) is 0 Å². The smallest absolute Gasteiger partial charge is 0.408 e. The van der Waals surface area contributed by atoms with Crippen LogP contribution < -0.4 is 5.32 Å². The number of fused-ring (bicyclic) bond motifs is 5. The predicted octanol–water partition coefficient (Wildman–Crippen LogP) is 3.78. The van der Waals surface area contributed by atoms with Crippen LogP contribution in [0.15, 0.2) is 71.8 Å². The van der Waals surface area contributed by atoms with Crippen LogP contribution in [0.2, 0.25) is 0 Å². The zero-order valence-electron chi connectivity index (χ0n) is 36.0. The number of ether oxygens (including phenoxy) is 6. The molecule has 3 aliphatic carbocycles. The molecule has 2 aromatic carbocycles. The Kier molecular flexibility index (Phi) is 12.3. The summed E-state index contributed by atoms with van der Waals surface area (Å²) in [5, 5.41) is 39.7. The van der Waals surface area contributed by atoms with Crippen LogP contribution in [0.25, 0.3) is 0 Å². The number of benzene rings is 2. The topological polar surface area (TPSA) is 231 Å². The maximum atomic E-state index is 16.6. The largest absolute Gasteiger partial charge is 0.456 e. The summed E-state index contributed by atoms with van der Waals surface area (Å²) in [5.41, 5.74) is -9.69. The summed E-state index contributed by atoms with van der Waals surface area (Å²) in [5.74, 6) is -7.21. The molecular weight excluding hydrogens is 813 g/mol. The third kappa shape index (κ3) is 7.77. The van der Waals surface area contributed by atoms with Gasteiger partial charge in [0.2, 0.25) is 0 Å². The van der Waals surface area contributed by atoms with Gasteiger partial charge in [-0.05, 0) is 63.5 Å². The Morgan fingerprint density at radius 2 is 1.52 bits per heavy atom. The molecule has 62 heavy (non-hydrogen) atoms. The summed E-state index contributed by atoms with van der Waals surface area (Å²) in [6.07, 6.45) is -15.7. The van der Waals surface area contributed by atoms with Gasteiger partial charge < -0.3 is 49.1 Å². The summed E-state index contributed by atoms with van der Waals surface area (Å²) in [6, 6.07) is 14.1. The van der Waals surface area contributed by atoms with Crippen molar-refractivity contribution in [1.82, 2.24) is 5.32 Å². The standard InChI is InChI=1S/C45H54FNO15/c1-22-27(59-39(54)31(50)30(25-16-12-10-13-17-25)47-40(55)62-41(4,5)6)20-45(56)37(60-38(53)26-18-14-11-15-19-26)33-43(9,35(52)32(58-23(2)48)28(22)42(45,7)8)34(51)29(46)36-44(33,21-57-36)61-24(3)49/h10-19,27,29-34,36-37,50-51,56H,20-21H2,1-9H3,(H,47,55)/t27-,29-,30-,31+,32+,33-,34-,36+,37-,43-,44+,45+/m0/s1. The highest BCUT2D eigenvalue weighted by Crippen LogP contribution is 2.65. The van der Waals surface area contributed by atoms with Gasteiger partial charge in [-0.3, -0.25) is 14.4 Å². The molecule has 1 saturated heterocycles. The van der Waals surface area contributed by atoms with Crippen molar-refractivity contribution in [2.45, 2.75) is 134 Å². The second-order valence-corrected chi connectivity index (χ2v) is 18.2. The minimum Gasteiger partial charge on any atom is -0.456 e. The van der Waals surface area contributed by atoms with Gasteiger partial charge in [0.05, 0.1) is 29.5 Å². The summed E-state index contributed by atoms with van der Waals surface area (Å²) >= 11 is 0. The van der Waals surface area contributed by atoms with Crippen molar-refractivity contribution in [1.29, 1.82) is 0 Å². The van der Waals surface area contributed by atoms with Crippen molar-refractivity contribution in [2.75, 3.05) is 6.61 Å². The van der Waals surface area contributed by atoms with Crippen LogP contribution in [0.5, 0.6) is 0 Å². The van der Waals surface area contributed by atoms with E-state index in [-0.39, 0.29) is 22.3 Å². The molecule has 0 spiro atoms. The highest BCUT2D eigenvalue weighted by molar-refractivity contribution is 5.96. The number of rotatable bonds is 9. The SMILES string of the molecule is CC(=O)O[C@H]1C(=O)[C@@]2(C)[C@H]([C@H](OC(=O)c3ccccc3)[C@]3(O)C[C@H](OC(=O)[C@H](O)[C@@H](NC(=O)OC(C)(C)C)c4ccccc4)C(C)=C1C3(C)C)[C@]1(OC(C)=O)CO[C@@H]1[C@@H](F)[C@@H]2O. The molecule has 1 amide bonds. The first-order valence-electron chi connectivity index (χ1n) is 20.3. The summed E-state index contributed by atoms with van der Waals surface area (Å²) in [4.78, 5) is 82.8. The maximum Gasteiger partial charge on any atom is 0.408 e. The third-order valence-electron chi connectivity index (χ3n) is 12.8. The zero-order valence-corrected chi connectivity index (χ0v) is 36.0. The molecule has 0 unspecified atom stereocenters. The second kappa shape index (κ2) is 16.5. The van der Waals surface area contributed by atoms with E-state index in [1.54, 1.807) is 69.3 Å². The highest BCUT2D eigenvalue weighted by atomic mass is 19.1. The van der Waals surface area contributed by atoms with Gasteiger partial charge in [-0.2, -0.15) is 0 Å². The van der Waals surface area contributed by atoms with E-state index in [0.717, 1.165) is 13.8 Å². The number of alkyl halides is 1. The lowest BCUT2D eigenvalue weighted by molar-refractivity contribution is -0.361. The number of carbonyl (C=O) groups excluding carboxylic acids is 6. The van der Waals surface area contributed by atoms with E-state index in [2.05, 4.69) is 5.32 Å². The molecular formula is C45H54FNO15. The zero-order chi connectivity index (χ0) is 45.9. The van der Waals surface area contributed by atoms with Gasteiger partial charge in [-0.25, -0.2) is 18.8 Å². The first-order chi connectivity index (χ1) is 28.8. The molecule has 6 rings (SSSR count). The summed E-state index contributed by atoms with van der Waals surface area (Å²) in [7, 11) is 0. The average molecular weight is 868 g/mol. The molecule has 3 fully saturated rings. The maximum absolute atomic E-state index is 16.6. The Hall–Kier alpha value is -5.23. The van der Waals surface area contributed by atoms with E-state index in [4.69, 9.17) is 28.4 Å². The van der Waals surface area contributed by atoms with Crippen molar-refractivity contribution in [3.05, 3.63) is 82.9 Å². The molecule has 4 N–H and O–H groups in total. The van der Waals surface area contributed by atoms with E-state index in [1.807, 2.05) is 0 Å². The van der Waals surface area contributed by atoms with Crippen molar-refractivity contribution >= 4 is 35.8 Å². The number of amides is 1. The molecule has 1 aliphatic heterocycles. The lowest BCUT2D eigenvalue weighted by atomic mass is 9.44. The van der Waals surface area contributed by atoms with E-state index in [9.17, 15) is 39.3 Å². The Bertz CT molecular complexity index is 2140. The average Bonchev–Trinajstić information content (AvgIpc) is 3.18. The third-order valence-corrected chi connectivity index (χ3v) is 12.8. The fraction of sp³-hybridized carbons (Fsp3) is 0.556. The van der Waals surface area contributed by atoms with Crippen LogP contribution in [0.3, 0.4) is 0 Å². The number of nitrogens with one attached hydrogen (secondary N) is 1. The number of ketones is 1. The molecule has 1 heterocycles. The Morgan fingerprint density at radius 1 is 0.919 bits per heavy atom. The van der Waals surface area contributed by atoms with Crippen molar-refractivity contribution < 1.29 is 76.9 Å². The first kappa shape index (κ1) is 46.3. The van der Waals surface area contributed by atoms with Gasteiger partial charge in [-0.15, -0.1) is 0 Å². The van der Waals surface area contributed by atoms with Crippen molar-refractivity contribution in [3.63, 3.8) is 0 Å². The molecule has 0 aromatic heterocycles. The van der Waals surface area contributed by atoms with Crippen LogP contribution >= 0.6 is 0 Å². The van der Waals surface area contributed by atoms with Gasteiger partial charge >= 0.3 is 30.0 Å². The predicted molar refractivity (Wildman–Crippen MR) is 213 cm³/mol. The van der Waals surface area contributed by atoms with Gasteiger partial charge in [0.1, 0.15) is 35.6 Å². The molecule has 0 radical (unpaired) electrons. The lowest BCUT2D eigenvalue weighted by Crippen LogP contribution is -2.84. The van der Waals surface area contributed by atoms with Gasteiger partial charge in [-0.1, -0.05) is 62.4 Å². The van der Waals surface area contributed by atoms with E-state index in [1.165, 1.54) is 39.8 Å². The molecule has 2 saturated carbocycles. The monoisotopic (exact) mass is 867 g/mol. The van der Waals surface area contributed by atoms with Crippen molar-refractivity contribution in [2.24, 2.45) is 16.7 Å². The number of carbonyl (C=O) groups is 6. The van der Waals surface area contributed by atoms with Crippen LogP contribution in [0, 0.1) is 16.7 Å². The summed E-state index contributed by atoms with van der Waals surface area (Å²) < 4.78 is 51.5. The van der Waals surface area contributed by atoms with Gasteiger partial charge in [0.15, 0.2) is 29.8 Å². The number of alkyl carbamates (subject to hydrolysis) is 1. The highest BCUT2D eigenvalue weighted by Gasteiger charge is 2.80. The number of hydrogen-bond donors (Lipinski definition) is 4. The molecule has 12 atom stereocenters. The Balaban J connectivity index is 1.55. The fourth-order valence-electron chi connectivity index (χ4n) is 9.85. The molecule has 2 aromatic rings. The van der Waals surface area contributed by atoms with Crippen molar-refractivity contribution in [3.8, 4) is 0 Å². The van der Waals surface area contributed by atoms with Crippen LogP contribution in [-0.2, 0) is 47.6 Å². The molecule has 16 nitrogen and oxygen atoms in total. The fourth-order valence-corrected chi connectivity index (χ4v) is 9.85. The molecule has 17 heteroatoms. The second-order valence-electron chi connectivity index (χ2n) is 18.2. The number of aliphatic hydroxyl groups is 3. The number of hydrogen-bond acceptors (Lipinski definition) is 15. The quantitative estimate of drug-likeness (QED) is 0.160. The van der Waals surface area contributed by atoms with Crippen LogP contribution in [0.4, 0.5) is 9.18 Å². The normalized spacial score (nSPS) is 33.4. The number of Topliss-reactive ketones (excluding diaryl/α,β-unsaturated/α-hetero) is 1. The van der Waals surface area contributed by atoms with Crippen LogP contribution in [-0.4, -0.2) is 117 Å². The molecule has 336 valence electrons. The lowest BCUT2D eigenvalue weighted by Gasteiger charge is -2.67. The summed E-state index contributed by atoms with van der Waals surface area (Å²) in [6.45, 7) is 11.9. The van der Waals surface area contributed by atoms with E-state index in [0.29, 0.717) is 0 Å². The number of esters is 4. The number of halogens is 1. The van der Waals surface area contributed by atoms with E-state index >= 15 is 9.18 Å². The Labute approximate surface area is 358 Å². The minimum atomic E-state index is -2.53. The van der Waals surface area contributed by atoms with E-state index < -0.39 is 131 Å². The Morgan fingerprint density at radius 3 is 2.05 bits per heavy atom. The molecule has 4 aliphatic rings. The number of aliphatic hydroxyl groups excluding tert-OH is 2. The minimum absolute atomic E-state index is 0.0113. The first-order valence-corrected chi connectivity index (χ1v) is 20.3. The molecule has 2 bridgehead atoms.